The molecule has 2 aromatic heterocycles. The highest BCUT2D eigenvalue weighted by Crippen LogP contribution is 2.35. The Bertz CT molecular complexity index is 1310. The minimum atomic E-state index is -3.84. The lowest BCUT2D eigenvalue weighted by atomic mass is 10.1. The molecule has 170 valence electrons. The Morgan fingerprint density at radius 3 is 2.44 bits per heavy atom. The Morgan fingerprint density at radius 2 is 1.84 bits per heavy atom. The Balaban J connectivity index is 1.44. The van der Waals surface area contributed by atoms with Crippen molar-refractivity contribution in [1.29, 1.82) is 0 Å². The molecular formula is C20H21F2N5O3S2. The number of nitrogens with zero attached hydrogens (tertiary/aromatic N) is 3. The number of nitrogen functional groups attached to an aromatic ring is 1. The van der Waals surface area contributed by atoms with Crippen LogP contribution in [0.4, 0.5) is 14.5 Å². The van der Waals surface area contributed by atoms with Crippen molar-refractivity contribution in [2.75, 3.05) is 18.8 Å². The molecular weight excluding hydrogens is 460 g/mol. The van der Waals surface area contributed by atoms with Gasteiger partial charge in [-0.25, -0.2) is 17.2 Å². The largest absolute Gasteiger partial charge is 0.397 e. The molecule has 0 radical (unpaired) electrons. The third-order valence-electron chi connectivity index (χ3n) is 5.52. The number of aryl methyl sites for hydroxylation is 2. The summed E-state index contributed by atoms with van der Waals surface area (Å²) in [4.78, 5) is 13.5. The van der Waals surface area contributed by atoms with Crippen LogP contribution in [0.1, 0.15) is 33.4 Å². The third kappa shape index (κ3) is 3.82. The summed E-state index contributed by atoms with van der Waals surface area (Å²) in [5.74, 6) is -3.45. The minimum Gasteiger partial charge on any atom is -0.397 e. The number of alkyl halides is 2. The van der Waals surface area contributed by atoms with E-state index in [4.69, 9.17) is 5.73 Å². The fourth-order valence-corrected chi connectivity index (χ4v) is 5.99. The first-order chi connectivity index (χ1) is 14.9. The number of sulfonamides is 1. The smallest absolute Gasteiger partial charge is 0.270 e. The van der Waals surface area contributed by atoms with E-state index in [9.17, 15) is 22.0 Å². The number of rotatable bonds is 5. The molecule has 3 N–H and O–H groups in total. The van der Waals surface area contributed by atoms with Crippen LogP contribution in [0.15, 0.2) is 29.2 Å². The lowest BCUT2D eigenvalue weighted by Crippen LogP contribution is -2.60. The first-order valence-corrected chi connectivity index (χ1v) is 12.0. The van der Waals surface area contributed by atoms with Crippen molar-refractivity contribution in [1.82, 2.24) is 19.8 Å². The molecule has 0 aliphatic carbocycles. The molecule has 0 unspecified atom stereocenters. The van der Waals surface area contributed by atoms with Crippen LogP contribution in [0.25, 0.3) is 10.2 Å². The van der Waals surface area contributed by atoms with Crippen LogP contribution >= 0.6 is 11.3 Å². The van der Waals surface area contributed by atoms with E-state index in [1.807, 2.05) is 13.8 Å². The van der Waals surface area contributed by atoms with E-state index in [0.29, 0.717) is 20.8 Å². The average Bonchev–Trinajstić information content (AvgIpc) is 3.03. The summed E-state index contributed by atoms with van der Waals surface area (Å²) >= 11 is 1.13. The van der Waals surface area contributed by atoms with Crippen LogP contribution in [-0.2, 0) is 15.9 Å². The van der Waals surface area contributed by atoms with Gasteiger partial charge in [-0.15, -0.1) is 16.4 Å². The molecule has 8 nitrogen and oxygen atoms in total. The molecule has 1 aliphatic heterocycles. The van der Waals surface area contributed by atoms with Gasteiger partial charge in [-0.3, -0.25) is 4.79 Å². The number of nitrogens with one attached hydrogen (secondary N) is 1. The number of halogens is 2. The quantitative estimate of drug-likeness (QED) is 0.579. The van der Waals surface area contributed by atoms with Gasteiger partial charge in [0, 0.05) is 31.0 Å². The van der Waals surface area contributed by atoms with Gasteiger partial charge >= 0.3 is 0 Å². The maximum absolute atomic E-state index is 13.4. The number of anilines is 1. The number of fused-ring (bicyclic) bond motifs is 1. The highest BCUT2D eigenvalue weighted by Gasteiger charge is 2.38. The molecule has 1 saturated heterocycles. The monoisotopic (exact) mass is 481 g/mol. The molecule has 1 fully saturated rings. The average molecular weight is 482 g/mol. The Kier molecular flexibility index (Phi) is 5.42. The second kappa shape index (κ2) is 7.71. The summed E-state index contributed by atoms with van der Waals surface area (Å²) in [6.07, 6.45) is 0. The number of thiophene rings is 1. The SMILES string of the molecule is Cc1nnc2sc(C(=O)NC3CN(S(=O)(=O)c4ccc(C(C)(F)F)cc4)C3)c(N)c2c1C. The second-order valence-electron chi connectivity index (χ2n) is 7.84. The summed E-state index contributed by atoms with van der Waals surface area (Å²) in [6, 6.07) is 4.13. The van der Waals surface area contributed by atoms with Crippen LogP contribution in [0.3, 0.4) is 0 Å². The molecule has 0 bridgehead atoms. The molecule has 3 heterocycles. The minimum absolute atomic E-state index is 0.0719. The highest BCUT2D eigenvalue weighted by atomic mass is 32.2. The van der Waals surface area contributed by atoms with E-state index in [1.165, 1.54) is 4.31 Å². The first-order valence-electron chi connectivity index (χ1n) is 9.71. The van der Waals surface area contributed by atoms with Crippen molar-refractivity contribution in [3.05, 3.63) is 46.0 Å². The zero-order chi connectivity index (χ0) is 23.4. The van der Waals surface area contributed by atoms with Gasteiger partial charge in [0.1, 0.15) is 9.71 Å². The van der Waals surface area contributed by atoms with Gasteiger partial charge in [0.2, 0.25) is 10.0 Å². The van der Waals surface area contributed by atoms with Crippen molar-refractivity contribution in [3.8, 4) is 0 Å². The maximum Gasteiger partial charge on any atom is 0.270 e. The van der Waals surface area contributed by atoms with Crippen molar-refractivity contribution >= 4 is 43.2 Å². The first kappa shape index (κ1) is 22.5. The fourth-order valence-electron chi connectivity index (χ4n) is 3.45. The van der Waals surface area contributed by atoms with Gasteiger partial charge in [-0.05, 0) is 31.5 Å². The number of aromatic nitrogens is 2. The van der Waals surface area contributed by atoms with Crippen LogP contribution in [0.5, 0.6) is 0 Å². The number of hydrogen-bond acceptors (Lipinski definition) is 7. The number of carbonyl (C=O) groups excluding carboxylic acids is 1. The highest BCUT2D eigenvalue weighted by molar-refractivity contribution is 7.89. The van der Waals surface area contributed by atoms with Crippen LogP contribution < -0.4 is 11.1 Å². The molecule has 4 rings (SSSR count). The number of hydrogen-bond donors (Lipinski definition) is 2. The lowest BCUT2D eigenvalue weighted by Gasteiger charge is -2.38. The Morgan fingerprint density at radius 1 is 1.22 bits per heavy atom. The van der Waals surface area contributed by atoms with Crippen molar-refractivity contribution < 1.29 is 22.0 Å². The fraction of sp³-hybridized carbons (Fsp3) is 0.350. The molecule has 12 heteroatoms. The number of nitrogens with two attached hydrogens (primary N) is 1. The van der Waals surface area contributed by atoms with E-state index < -0.39 is 27.9 Å². The molecule has 3 aromatic rings. The van der Waals surface area contributed by atoms with Gasteiger partial charge in [0.05, 0.1) is 22.3 Å². The van der Waals surface area contributed by atoms with Crippen LogP contribution in [-0.4, -0.2) is 48.0 Å². The number of benzene rings is 1. The zero-order valence-corrected chi connectivity index (χ0v) is 19.2. The molecule has 0 spiro atoms. The molecule has 1 amide bonds. The van der Waals surface area contributed by atoms with E-state index >= 15 is 0 Å². The molecule has 32 heavy (non-hydrogen) atoms. The lowest BCUT2D eigenvalue weighted by molar-refractivity contribution is 0.0174. The normalized spacial score (nSPS) is 15.7. The molecule has 0 atom stereocenters. The predicted octanol–water partition coefficient (Wildman–Crippen LogP) is 2.80. The summed E-state index contributed by atoms with van der Waals surface area (Å²) < 4.78 is 53.3. The van der Waals surface area contributed by atoms with E-state index in [1.54, 1.807) is 0 Å². The summed E-state index contributed by atoms with van der Waals surface area (Å²) in [7, 11) is -3.84. The van der Waals surface area contributed by atoms with Crippen LogP contribution in [0, 0.1) is 13.8 Å². The maximum atomic E-state index is 13.4. The van der Waals surface area contributed by atoms with Gasteiger partial charge in [0.25, 0.3) is 11.8 Å². The standard InChI is InChI=1S/C20H21F2N5O3S2/c1-10-11(2)25-26-19-15(10)16(23)17(31-19)18(28)24-13-8-27(9-13)32(29,30)14-6-4-12(5-7-14)20(3,21)22/h4-7,13H,8-9,23H2,1-3H3,(H,24,28). The summed E-state index contributed by atoms with van der Waals surface area (Å²) in [5, 5.41) is 11.6. The van der Waals surface area contributed by atoms with E-state index in [2.05, 4.69) is 15.5 Å². The number of carbonyl (C=O) groups is 1. The van der Waals surface area contributed by atoms with Gasteiger partial charge < -0.3 is 11.1 Å². The van der Waals surface area contributed by atoms with Crippen molar-refractivity contribution in [3.63, 3.8) is 0 Å². The van der Waals surface area contributed by atoms with Gasteiger partial charge in [-0.2, -0.15) is 9.40 Å². The van der Waals surface area contributed by atoms with Crippen molar-refractivity contribution in [2.24, 2.45) is 0 Å². The zero-order valence-electron chi connectivity index (χ0n) is 17.5. The topological polar surface area (TPSA) is 118 Å². The Labute approximate surface area is 187 Å². The van der Waals surface area contributed by atoms with Gasteiger partial charge in [0.15, 0.2) is 0 Å². The second-order valence-corrected chi connectivity index (χ2v) is 10.8. The predicted molar refractivity (Wildman–Crippen MR) is 117 cm³/mol. The van der Waals surface area contributed by atoms with Gasteiger partial charge in [-0.1, -0.05) is 12.1 Å². The number of amides is 1. The molecule has 0 saturated carbocycles. The summed E-state index contributed by atoms with van der Waals surface area (Å²) in [5.41, 5.74) is 7.83. The van der Waals surface area contributed by atoms with E-state index in [-0.39, 0.29) is 23.5 Å². The van der Waals surface area contributed by atoms with E-state index in [0.717, 1.165) is 53.8 Å². The van der Waals surface area contributed by atoms with Crippen molar-refractivity contribution in [2.45, 2.75) is 37.6 Å². The molecule has 1 aromatic carbocycles. The third-order valence-corrected chi connectivity index (χ3v) is 8.46. The Hall–Kier alpha value is -2.70. The molecule has 1 aliphatic rings. The van der Waals surface area contributed by atoms with Crippen LogP contribution in [0.2, 0.25) is 0 Å². The summed E-state index contributed by atoms with van der Waals surface area (Å²) in [6.45, 7) is 4.56.